The Hall–Kier alpha value is -2.03. The first-order valence-corrected chi connectivity index (χ1v) is 5.24. The van der Waals surface area contributed by atoms with Crippen LogP contribution in [0.4, 0.5) is 5.69 Å². The molecular formula is C14H20N2O. The normalized spacial score (nSPS) is 8.65. The molecule has 0 aliphatic rings. The minimum absolute atomic E-state index is 0.398. The van der Waals surface area contributed by atoms with Crippen LogP contribution in [0.25, 0.3) is 6.08 Å². The van der Waals surface area contributed by atoms with E-state index in [9.17, 15) is 4.79 Å². The average molecular weight is 232 g/mol. The first-order valence-electron chi connectivity index (χ1n) is 5.24. The number of hydrogen-bond acceptors (Lipinski definition) is 2. The van der Waals surface area contributed by atoms with Gasteiger partial charge in [-0.1, -0.05) is 37.4 Å². The molecule has 1 aromatic carbocycles. The lowest BCUT2D eigenvalue weighted by Crippen LogP contribution is -2.10. The van der Waals surface area contributed by atoms with Crippen molar-refractivity contribution >= 4 is 17.7 Å². The average Bonchev–Trinajstić information content (AvgIpc) is 2.29. The quantitative estimate of drug-likeness (QED) is 0.814. The zero-order valence-electron chi connectivity index (χ0n) is 10.7. The van der Waals surface area contributed by atoms with E-state index in [0.717, 1.165) is 0 Å². The number of carbonyl (C=O) groups is 1. The number of amides is 1. The van der Waals surface area contributed by atoms with Crippen molar-refractivity contribution in [3.63, 3.8) is 0 Å². The van der Waals surface area contributed by atoms with E-state index in [-0.39, 0.29) is 0 Å². The minimum Gasteiger partial charge on any atom is -0.377 e. The van der Waals surface area contributed by atoms with E-state index in [1.807, 2.05) is 32.3 Å². The first kappa shape index (κ1) is 15.0. The summed E-state index contributed by atoms with van der Waals surface area (Å²) in [6.45, 7) is 8.60. The predicted molar refractivity (Wildman–Crippen MR) is 74.9 cm³/mol. The van der Waals surface area contributed by atoms with Crippen LogP contribution < -0.4 is 10.6 Å². The maximum Gasteiger partial charge on any atom is 0.243 e. The van der Waals surface area contributed by atoms with Gasteiger partial charge in [0.25, 0.3) is 0 Å². The van der Waals surface area contributed by atoms with Gasteiger partial charge in [-0.2, -0.15) is 0 Å². The van der Waals surface area contributed by atoms with Gasteiger partial charge in [-0.3, -0.25) is 4.79 Å². The lowest BCUT2D eigenvalue weighted by molar-refractivity contribution is -0.114. The summed E-state index contributed by atoms with van der Waals surface area (Å²) in [5.41, 5.74) is 7.48. The molecule has 0 heterocycles. The summed E-state index contributed by atoms with van der Waals surface area (Å²) in [5.74, 6) is -0.435. The standard InChI is InChI=1S/C10H13N.C4H7NO/c1-4-9-7-5-6-8-10(9)11(2)3;1-3(2)4(5)6/h4-8H,1H2,2-3H3;1H2,2H3,(H2,5,6). The number of benzene rings is 1. The molecule has 0 radical (unpaired) electrons. The number of anilines is 1. The van der Waals surface area contributed by atoms with Gasteiger partial charge in [-0.25, -0.2) is 0 Å². The van der Waals surface area contributed by atoms with E-state index in [4.69, 9.17) is 5.73 Å². The molecule has 0 aliphatic heterocycles. The molecule has 0 spiro atoms. The van der Waals surface area contributed by atoms with Gasteiger partial charge >= 0.3 is 0 Å². The van der Waals surface area contributed by atoms with Gasteiger partial charge in [-0.15, -0.1) is 0 Å². The summed E-state index contributed by atoms with van der Waals surface area (Å²) in [7, 11) is 4.06. The third-order valence-corrected chi connectivity index (χ3v) is 2.06. The van der Waals surface area contributed by atoms with Crippen molar-refractivity contribution in [1.29, 1.82) is 0 Å². The van der Waals surface area contributed by atoms with Crippen LogP contribution in [-0.4, -0.2) is 20.0 Å². The molecule has 0 saturated carbocycles. The summed E-state index contributed by atoms with van der Waals surface area (Å²) in [6, 6.07) is 8.19. The van der Waals surface area contributed by atoms with Crippen molar-refractivity contribution in [2.24, 2.45) is 5.73 Å². The van der Waals surface area contributed by atoms with Crippen LogP contribution in [0.3, 0.4) is 0 Å². The Bertz CT molecular complexity index is 396. The van der Waals surface area contributed by atoms with Gasteiger partial charge in [0.15, 0.2) is 0 Å². The molecule has 92 valence electrons. The van der Waals surface area contributed by atoms with Gasteiger partial charge < -0.3 is 10.6 Å². The summed E-state index contributed by atoms with van der Waals surface area (Å²) < 4.78 is 0. The second-order valence-corrected chi connectivity index (χ2v) is 3.80. The van der Waals surface area contributed by atoms with Crippen molar-refractivity contribution in [3.05, 3.63) is 48.6 Å². The van der Waals surface area contributed by atoms with Crippen LogP contribution in [-0.2, 0) is 4.79 Å². The van der Waals surface area contributed by atoms with Crippen LogP contribution in [0.1, 0.15) is 12.5 Å². The highest BCUT2D eigenvalue weighted by molar-refractivity contribution is 5.90. The van der Waals surface area contributed by atoms with Gasteiger partial charge in [-0.05, 0) is 18.6 Å². The Morgan fingerprint density at radius 3 is 2.12 bits per heavy atom. The molecule has 0 fully saturated rings. The van der Waals surface area contributed by atoms with E-state index in [0.29, 0.717) is 5.57 Å². The van der Waals surface area contributed by atoms with E-state index in [2.05, 4.69) is 30.2 Å². The van der Waals surface area contributed by atoms with Crippen molar-refractivity contribution in [2.45, 2.75) is 6.92 Å². The summed E-state index contributed by atoms with van der Waals surface area (Å²) in [4.78, 5) is 11.9. The molecule has 0 aliphatic carbocycles. The molecule has 3 heteroatoms. The number of carbonyl (C=O) groups excluding carboxylic acids is 1. The predicted octanol–water partition coefficient (Wildman–Crippen LogP) is 2.44. The van der Waals surface area contributed by atoms with Crippen molar-refractivity contribution in [1.82, 2.24) is 0 Å². The second kappa shape index (κ2) is 7.28. The molecule has 0 saturated heterocycles. The number of hydrogen-bond donors (Lipinski definition) is 1. The Balaban J connectivity index is 0.000000366. The Kier molecular flexibility index (Phi) is 6.41. The van der Waals surface area contributed by atoms with Gasteiger partial charge in [0, 0.05) is 25.4 Å². The summed E-state index contributed by atoms with van der Waals surface area (Å²) in [5, 5.41) is 0. The Morgan fingerprint density at radius 2 is 1.82 bits per heavy atom. The molecule has 17 heavy (non-hydrogen) atoms. The molecular weight excluding hydrogens is 212 g/mol. The fourth-order valence-corrected chi connectivity index (χ4v) is 1.07. The molecule has 1 rings (SSSR count). The molecule has 0 aromatic heterocycles. The van der Waals surface area contributed by atoms with E-state index in [1.165, 1.54) is 11.3 Å². The smallest absolute Gasteiger partial charge is 0.243 e. The number of primary amides is 1. The summed E-state index contributed by atoms with van der Waals surface area (Å²) in [6.07, 6.45) is 1.87. The fourth-order valence-electron chi connectivity index (χ4n) is 1.07. The molecule has 1 aromatic rings. The Labute approximate surface area is 103 Å². The first-order chi connectivity index (χ1) is 7.90. The number of para-hydroxylation sites is 1. The monoisotopic (exact) mass is 232 g/mol. The maximum atomic E-state index is 9.82. The highest BCUT2D eigenvalue weighted by Crippen LogP contribution is 2.18. The van der Waals surface area contributed by atoms with E-state index >= 15 is 0 Å². The fraction of sp³-hybridized carbons (Fsp3) is 0.214. The SMILES string of the molecule is C=C(C)C(N)=O.C=Cc1ccccc1N(C)C. The zero-order chi connectivity index (χ0) is 13.4. The second-order valence-electron chi connectivity index (χ2n) is 3.80. The third kappa shape index (κ3) is 5.56. The highest BCUT2D eigenvalue weighted by Gasteiger charge is 1.97. The van der Waals surface area contributed by atoms with E-state index in [1.54, 1.807) is 6.92 Å². The topological polar surface area (TPSA) is 46.3 Å². The molecule has 0 bridgehead atoms. The highest BCUT2D eigenvalue weighted by atomic mass is 16.1. The van der Waals surface area contributed by atoms with Crippen LogP contribution in [0.15, 0.2) is 43.0 Å². The largest absolute Gasteiger partial charge is 0.377 e. The van der Waals surface area contributed by atoms with Crippen LogP contribution >= 0.6 is 0 Å². The number of nitrogens with two attached hydrogens (primary N) is 1. The zero-order valence-corrected chi connectivity index (χ0v) is 10.7. The molecule has 3 nitrogen and oxygen atoms in total. The lowest BCUT2D eigenvalue weighted by atomic mass is 10.1. The third-order valence-electron chi connectivity index (χ3n) is 2.06. The molecule has 1 amide bonds. The van der Waals surface area contributed by atoms with Gasteiger partial charge in [0.2, 0.25) is 5.91 Å². The van der Waals surface area contributed by atoms with Crippen LogP contribution in [0, 0.1) is 0 Å². The minimum atomic E-state index is -0.435. The van der Waals surface area contributed by atoms with Gasteiger partial charge in [0.05, 0.1) is 0 Å². The van der Waals surface area contributed by atoms with E-state index < -0.39 is 5.91 Å². The molecule has 0 unspecified atom stereocenters. The number of nitrogens with zero attached hydrogens (tertiary/aromatic N) is 1. The van der Waals surface area contributed by atoms with Crippen molar-refractivity contribution in [2.75, 3.05) is 19.0 Å². The lowest BCUT2D eigenvalue weighted by Gasteiger charge is -2.14. The summed E-state index contributed by atoms with van der Waals surface area (Å²) >= 11 is 0. The molecule has 0 atom stereocenters. The van der Waals surface area contributed by atoms with Gasteiger partial charge in [0.1, 0.15) is 0 Å². The molecule has 2 N–H and O–H groups in total. The van der Waals surface area contributed by atoms with Crippen LogP contribution in [0.2, 0.25) is 0 Å². The Morgan fingerprint density at radius 1 is 1.35 bits per heavy atom. The van der Waals surface area contributed by atoms with Crippen molar-refractivity contribution < 1.29 is 4.79 Å². The van der Waals surface area contributed by atoms with Crippen molar-refractivity contribution in [3.8, 4) is 0 Å². The van der Waals surface area contributed by atoms with Crippen LogP contribution in [0.5, 0.6) is 0 Å². The maximum absolute atomic E-state index is 9.82. The number of rotatable bonds is 3.